The lowest BCUT2D eigenvalue weighted by Gasteiger charge is -2.26. The molecular weight excluding hydrogens is 248 g/mol. The third-order valence-corrected chi connectivity index (χ3v) is 4.73. The number of benzene rings is 1. The van der Waals surface area contributed by atoms with Gasteiger partial charge in [0.1, 0.15) is 0 Å². The van der Waals surface area contributed by atoms with Crippen molar-refractivity contribution in [2.75, 3.05) is 24.5 Å². The summed E-state index contributed by atoms with van der Waals surface area (Å²) in [5.41, 5.74) is 2.46. The van der Waals surface area contributed by atoms with Crippen LogP contribution in [-0.2, 0) is 11.2 Å². The highest BCUT2D eigenvalue weighted by atomic mass is 16.2. The van der Waals surface area contributed by atoms with Gasteiger partial charge < -0.3 is 9.80 Å². The van der Waals surface area contributed by atoms with Crippen molar-refractivity contribution in [3.05, 3.63) is 29.8 Å². The molecule has 1 aromatic rings. The van der Waals surface area contributed by atoms with E-state index >= 15 is 0 Å². The van der Waals surface area contributed by atoms with Crippen LogP contribution in [0, 0.1) is 0 Å². The molecular formula is C17H25N2O+. The number of quaternary nitrogens is 1. The monoisotopic (exact) mass is 273 g/mol. The minimum Gasteiger partial charge on any atom is -0.335 e. The zero-order chi connectivity index (χ0) is 13.9. The number of para-hydroxylation sites is 1. The van der Waals surface area contributed by atoms with Crippen LogP contribution in [0.4, 0.5) is 5.69 Å². The van der Waals surface area contributed by atoms with Crippen LogP contribution in [0.3, 0.4) is 0 Å². The molecule has 3 heteroatoms. The van der Waals surface area contributed by atoms with Crippen LogP contribution in [-0.4, -0.2) is 31.6 Å². The molecule has 108 valence electrons. The molecule has 0 aliphatic carbocycles. The SMILES string of the molecule is C[C@H]1Cc2ccccc2N1C(=O)CC[NH+]1CCCCC1. The van der Waals surface area contributed by atoms with Crippen molar-refractivity contribution < 1.29 is 9.69 Å². The number of hydrogen-bond donors (Lipinski definition) is 1. The molecule has 0 unspecified atom stereocenters. The highest BCUT2D eigenvalue weighted by molar-refractivity contribution is 5.96. The molecule has 0 bridgehead atoms. The molecule has 2 aliphatic rings. The average Bonchev–Trinajstić information content (AvgIpc) is 2.82. The maximum absolute atomic E-state index is 12.6. The quantitative estimate of drug-likeness (QED) is 0.885. The van der Waals surface area contributed by atoms with Crippen LogP contribution in [0.15, 0.2) is 24.3 Å². The number of piperidine rings is 1. The lowest BCUT2D eigenvalue weighted by Crippen LogP contribution is -3.12. The maximum Gasteiger partial charge on any atom is 0.232 e. The summed E-state index contributed by atoms with van der Waals surface area (Å²) in [6.07, 6.45) is 5.71. The summed E-state index contributed by atoms with van der Waals surface area (Å²) in [6.45, 7) is 5.66. The van der Waals surface area contributed by atoms with E-state index in [1.807, 2.05) is 11.0 Å². The summed E-state index contributed by atoms with van der Waals surface area (Å²) in [5.74, 6) is 0.306. The largest absolute Gasteiger partial charge is 0.335 e. The van der Waals surface area contributed by atoms with E-state index in [9.17, 15) is 4.79 Å². The molecule has 1 saturated heterocycles. The number of nitrogens with one attached hydrogen (secondary N) is 1. The highest BCUT2D eigenvalue weighted by Gasteiger charge is 2.30. The Labute approximate surface area is 121 Å². The molecule has 1 atom stereocenters. The predicted molar refractivity (Wildman–Crippen MR) is 81.1 cm³/mol. The Hall–Kier alpha value is -1.35. The van der Waals surface area contributed by atoms with Crippen LogP contribution in [0.5, 0.6) is 0 Å². The maximum atomic E-state index is 12.6. The molecule has 0 spiro atoms. The van der Waals surface area contributed by atoms with Gasteiger partial charge in [-0.05, 0) is 44.2 Å². The van der Waals surface area contributed by atoms with Crippen molar-refractivity contribution in [1.82, 2.24) is 0 Å². The first-order valence-electron chi connectivity index (χ1n) is 7.99. The third kappa shape index (κ3) is 2.73. The van der Waals surface area contributed by atoms with E-state index in [1.165, 1.54) is 37.9 Å². The van der Waals surface area contributed by atoms with Crippen LogP contribution in [0.1, 0.15) is 38.2 Å². The standard InChI is InChI=1S/C17H24N2O/c1-14-13-15-7-3-4-8-16(15)19(14)17(20)9-12-18-10-5-2-6-11-18/h3-4,7-8,14H,2,5-6,9-13H2,1H3/p+1/t14-/m0/s1. The number of amides is 1. The van der Waals surface area contributed by atoms with Gasteiger partial charge in [0.2, 0.25) is 5.91 Å². The summed E-state index contributed by atoms with van der Waals surface area (Å²) in [6, 6.07) is 8.65. The molecule has 20 heavy (non-hydrogen) atoms. The van der Waals surface area contributed by atoms with E-state index in [2.05, 4.69) is 25.1 Å². The molecule has 1 aromatic carbocycles. The van der Waals surface area contributed by atoms with Gasteiger partial charge in [-0.15, -0.1) is 0 Å². The molecule has 1 fully saturated rings. The van der Waals surface area contributed by atoms with E-state index in [1.54, 1.807) is 4.90 Å². The number of likely N-dealkylation sites (tertiary alicyclic amines) is 1. The summed E-state index contributed by atoms with van der Waals surface area (Å²) >= 11 is 0. The van der Waals surface area contributed by atoms with Gasteiger partial charge in [-0.2, -0.15) is 0 Å². The van der Waals surface area contributed by atoms with Crippen molar-refractivity contribution >= 4 is 11.6 Å². The number of anilines is 1. The number of fused-ring (bicyclic) bond motifs is 1. The zero-order valence-electron chi connectivity index (χ0n) is 12.4. The fourth-order valence-corrected chi connectivity index (χ4v) is 3.65. The van der Waals surface area contributed by atoms with Crippen molar-refractivity contribution in [1.29, 1.82) is 0 Å². The number of carbonyl (C=O) groups is 1. The van der Waals surface area contributed by atoms with Gasteiger partial charge in [0.15, 0.2) is 0 Å². The van der Waals surface area contributed by atoms with Gasteiger partial charge in [-0.1, -0.05) is 18.2 Å². The second-order valence-corrected chi connectivity index (χ2v) is 6.26. The minimum atomic E-state index is 0.306. The van der Waals surface area contributed by atoms with Crippen LogP contribution in [0.2, 0.25) is 0 Å². The highest BCUT2D eigenvalue weighted by Crippen LogP contribution is 2.32. The van der Waals surface area contributed by atoms with E-state index < -0.39 is 0 Å². The first-order chi connectivity index (χ1) is 9.75. The fraction of sp³-hybridized carbons (Fsp3) is 0.588. The minimum absolute atomic E-state index is 0.306. The topological polar surface area (TPSA) is 24.8 Å². The molecule has 3 rings (SSSR count). The van der Waals surface area contributed by atoms with Gasteiger partial charge in [0.25, 0.3) is 0 Å². The van der Waals surface area contributed by atoms with Gasteiger partial charge in [0.05, 0.1) is 26.1 Å². The summed E-state index contributed by atoms with van der Waals surface area (Å²) in [7, 11) is 0. The van der Waals surface area contributed by atoms with Gasteiger partial charge in [-0.25, -0.2) is 0 Å². The predicted octanol–water partition coefficient (Wildman–Crippen LogP) is 1.42. The molecule has 0 aromatic heterocycles. The first-order valence-corrected chi connectivity index (χ1v) is 7.99. The lowest BCUT2D eigenvalue weighted by molar-refractivity contribution is -0.904. The zero-order valence-corrected chi connectivity index (χ0v) is 12.4. The Bertz CT molecular complexity index is 480. The van der Waals surface area contributed by atoms with Crippen LogP contribution >= 0.6 is 0 Å². The number of carbonyl (C=O) groups excluding carboxylic acids is 1. The molecule has 1 N–H and O–H groups in total. The van der Waals surface area contributed by atoms with Crippen molar-refractivity contribution in [2.24, 2.45) is 0 Å². The molecule has 1 amide bonds. The van der Waals surface area contributed by atoms with Gasteiger partial charge in [-0.3, -0.25) is 4.79 Å². The summed E-state index contributed by atoms with van der Waals surface area (Å²) in [5, 5.41) is 0. The third-order valence-electron chi connectivity index (χ3n) is 4.73. The number of rotatable bonds is 3. The number of hydrogen-bond acceptors (Lipinski definition) is 1. The fourth-order valence-electron chi connectivity index (χ4n) is 3.65. The molecule has 2 aliphatic heterocycles. The van der Waals surface area contributed by atoms with Crippen molar-refractivity contribution in [3.63, 3.8) is 0 Å². The smallest absolute Gasteiger partial charge is 0.232 e. The summed E-state index contributed by atoms with van der Waals surface area (Å²) in [4.78, 5) is 16.2. The van der Waals surface area contributed by atoms with Crippen molar-refractivity contribution in [3.8, 4) is 0 Å². The van der Waals surface area contributed by atoms with Gasteiger partial charge in [0, 0.05) is 11.7 Å². The van der Waals surface area contributed by atoms with Gasteiger partial charge >= 0.3 is 0 Å². The van der Waals surface area contributed by atoms with E-state index in [0.29, 0.717) is 18.4 Å². The Balaban J connectivity index is 1.62. The Kier molecular flexibility index (Phi) is 4.06. The molecule has 2 heterocycles. The number of nitrogens with zero attached hydrogens (tertiary/aromatic N) is 1. The molecule has 0 saturated carbocycles. The van der Waals surface area contributed by atoms with Crippen LogP contribution in [0.25, 0.3) is 0 Å². The van der Waals surface area contributed by atoms with E-state index in [4.69, 9.17) is 0 Å². The first kappa shape index (κ1) is 13.6. The Morgan fingerprint density at radius 3 is 2.80 bits per heavy atom. The lowest BCUT2D eigenvalue weighted by atomic mass is 10.1. The van der Waals surface area contributed by atoms with Crippen LogP contribution < -0.4 is 9.80 Å². The Morgan fingerprint density at radius 2 is 2.00 bits per heavy atom. The van der Waals surface area contributed by atoms with E-state index in [0.717, 1.165) is 18.7 Å². The normalized spacial score (nSPS) is 22.9. The van der Waals surface area contributed by atoms with Crippen molar-refractivity contribution in [2.45, 2.75) is 45.1 Å². The Morgan fingerprint density at radius 1 is 1.25 bits per heavy atom. The molecule has 3 nitrogen and oxygen atoms in total. The summed E-state index contributed by atoms with van der Waals surface area (Å²) < 4.78 is 0. The van der Waals surface area contributed by atoms with E-state index in [-0.39, 0.29) is 0 Å². The second kappa shape index (κ2) is 5.96. The molecule has 0 radical (unpaired) electrons. The second-order valence-electron chi connectivity index (χ2n) is 6.26. The average molecular weight is 273 g/mol.